The van der Waals surface area contributed by atoms with E-state index in [0.717, 1.165) is 24.0 Å². The molecule has 0 atom stereocenters. The first-order valence-corrected chi connectivity index (χ1v) is 5.04. The Balaban J connectivity index is 2.34. The summed E-state index contributed by atoms with van der Waals surface area (Å²) < 4.78 is 6.35. The highest BCUT2D eigenvalue weighted by Crippen LogP contribution is 2.43. The van der Waals surface area contributed by atoms with E-state index in [1.807, 2.05) is 6.07 Å². The van der Waals surface area contributed by atoms with Crippen LogP contribution in [0.5, 0.6) is 0 Å². The maximum atomic E-state index is 11.0. The third kappa shape index (κ3) is 1.67. The van der Waals surface area contributed by atoms with Crippen LogP contribution in [-0.4, -0.2) is 11.2 Å². The zero-order chi connectivity index (χ0) is 10.9. The topological polar surface area (TPSA) is 50.4 Å². The fourth-order valence-electron chi connectivity index (χ4n) is 1.98. The smallest absolute Gasteiger partial charge is 0.303 e. The predicted molar refractivity (Wildman–Crippen MR) is 51.1 cm³/mol. The predicted octanol–water partition coefficient (Wildman–Crippen LogP) is 1.15. The maximum Gasteiger partial charge on any atom is 0.303 e. The molecular formula is C11H14NO3+. The standard InChI is InChI=1S/C11H14NO3/c1-9(13)15-11(6-4-7-11)10-5-2-3-8-12(10)14/h2-3,5,8,14H,4,6-7H2,1H3/q+1. The van der Waals surface area contributed by atoms with Gasteiger partial charge in [-0.2, -0.15) is 0 Å². The second-order valence-corrected chi connectivity index (χ2v) is 3.87. The second-order valence-electron chi connectivity index (χ2n) is 3.87. The van der Waals surface area contributed by atoms with Crippen molar-refractivity contribution in [2.24, 2.45) is 0 Å². The number of carbonyl (C=O) groups is 1. The third-order valence-electron chi connectivity index (χ3n) is 2.81. The highest BCUT2D eigenvalue weighted by Gasteiger charge is 2.49. The Hall–Kier alpha value is -1.58. The monoisotopic (exact) mass is 208 g/mol. The first kappa shape index (κ1) is 9.96. The number of rotatable bonds is 2. The Morgan fingerprint density at radius 2 is 2.27 bits per heavy atom. The fourth-order valence-corrected chi connectivity index (χ4v) is 1.98. The molecule has 0 saturated heterocycles. The molecule has 0 aromatic carbocycles. The Kier molecular flexibility index (Phi) is 2.34. The lowest BCUT2D eigenvalue weighted by atomic mass is 9.77. The summed E-state index contributed by atoms with van der Waals surface area (Å²) in [7, 11) is 0. The van der Waals surface area contributed by atoms with E-state index in [4.69, 9.17) is 4.74 Å². The van der Waals surface area contributed by atoms with Gasteiger partial charge in [-0.1, -0.05) is 0 Å². The normalized spacial score (nSPS) is 17.9. The summed E-state index contributed by atoms with van der Waals surface area (Å²) in [6, 6.07) is 5.33. The molecule has 1 N–H and O–H groups in total. The average Bonchev–Trinajstić information content (AvgIpc) is 2.12. The van der Waals surface area contributed by atoms with Gasteiger partial charge in [0.25, 0.3) is 5.69 Å². The lowest BCUT2D eigenvalue weighted by Gasteiger charge is -2.36. The molecule has 0 amide bonds. The van der Waals surface area contributed by atoms with Gasteiger partial charge in [-0.05, 0) is 25.3 Å². The van der Waals surface area contributed by atoms with Gasteiger partial charge in [0.1, 0.15) is 0 Å². The van der Waals surface area contributed by atoms with Crippen LogP contribution in [0.15, 0.2) is 24.4 Å². The summed E-state index contributed by atoms with van der Waals surface area (Å²) in [6.45, 7) is 1.39. The molecule has 0 unspecified atom stereocenters. The van der Waals surface area contributed by atoms with E-state index < -0.39 is 5.60 Å². The third-order valence-corrected chi connectivity index (χ3v) is 2.81. The van der Waals surface area contributed by atoms with Crippen LogP contribution in [0.1, 0.15) is 31.9 Å². The molecule has 1 aliphatic rings. The molecule has 4 nitrogen and oxygen atoms in total. The zero-order valence-corrected chi connectivity index (χ0v) is 8.64. The minimum atomic E-state index is -0.609. The van der Waals surface area contributed by atoms with Crippen molar-refractivity contribution in [2.45, 2.75) is 31.8 Å². The molecular weight excluding hydrogens is 194 g/mol. The maximum absolute atomic E-state index is 11.0. The molecule has 1 saturated carbocycles. The zero-order valence-electron chi connectivity index (χ0n) is 8.64. The van der Waals surface area contributed by atoms with Gasteiger partial charge in [0.05, 0.1) is 0 Å². The van der Waals surface area contributed by atoms with Crippen LogP contribution in [0.3, 0.4) is 0 Å². The Labute approximate surface area is 88.1 Å². The van der Waals surface area contributed by atoms with E-state index in [1.165, 1.54) is 6.92 Å². The molecule has 1 aliphatic carbocycles. The van der Waals surface area contributed by atoms with Crippen LogP contribution in [0.25, 0.3) is 0 Å². The Bertz CT molecular complexity index is 385. The van der Waals surface area contributed by atoms with Crippen molar-refractivity contribution in [3.05, 3.63) is 30.1 Å². The van der Waals surface area contributed by atoms with E-state index in [2.05, 4.69) is 0 Å². The van der Waals surface area contributed by atoms with Gasteiger partial charge in [0.2, 0.25) is 11.8 Å². The van der Waals surface area contributed by atoms with Crippen molar-refractivity contribution in [1.82, 2.24) is 0 Å². The summed E-state index contributed by atoms with van der Waals surface area (Å²) in [4.78, 5) is 11.0. The minimum absolute atomic E-state index is 0.307. The van der Waals surface area contributed by atoms with Crippen molar-refractivity contribution in [2.75, 3.05) is 0 Å². The lowest BCUT2D eigenvalue weighted by molar-refractivity contribution is -0.913. The molecule has 1 fully saturated rings. The van der Waals surface area contributed by atoms with E-state index in [9.17, 15) is 10.0 Å². The molecule has 1 aromatic heterocycles. The highest BCUT2D eigenvalue weighted by atomic mass is 16.6. The molecule has 0 radical (unpaired) electrons. The molecule has 15 heavy (non-hydrogen) atoms. The van der Waals surface area contributed by atoms with Gasteiger partial charge in [-0.15, -0.1) is 0 Å². The summed E-state index contributed by atoms with van der Waals surface area (Å²) in [5.41, 5.74) is 0.0356. The molecule has 1 heterocycles. The largest absolute Gasteiger partial charge is 0.448 e. The van der Waals surface area contributed by atoms with Gasteiger partial charge >= 0.3 is 5.97 Å². The van der Waals surface area contributed by atoms with Gasteiger partial charge in [-0.3, -0.25) is 10.0 Å². The second kappa shape index (κ2) is 3.53. The SMILES string of the molecule is CC(=O)OC1(c2cccc[n+]2O)CCC1. The number of pyridine rings is 1. The Morgan fingerprint density at radius 1 is 1.53 bits per heavy atom. The molecule has 0 bridgehead atoms. The van der Waals surface area contributed by atoms with Crippen molar-refractivity contribution in [3.63, 3.8) is 0 Å². The quantitative estimate of drug-likeness (QED) is 0.450. The van der Waals surface area contributed by atoms with E-state index in [1.54, 1.807) is 18.3 Å². The number of hydrogen-bond acceptors (Lipinski definition) is 3. The van der Waals surface area contributed by atoms with E-state index in [-0.39, 0.29) is 5.97 Å². The van der Waals surface area contributed by atoms with Crippen molar-refractivity contribution >= 4 is 5.97 Å². The molecule has 0 spiro atoms. The number of hydrogen-bond donors (Lipinski definition) is 1. The number of ether oxygens (including phenoxy) is 1. The van der Waals surface area contributed by atoms with Crippen LogP contribution in [-0.2, 0) is 15.1 Å². The number of carbonyl (C=O) groups excluding carboxylic acids is 1. The van der Waals surface area contributed by atoms with Gasteiger partial charge < -0.3 is 4.74 Å². The van der Waals surface area contributed by atoms with Crippen molar-refractivity contribution in [3.8, 4) is 0 Å². The van der Waals surface area contributed by atoms with E-state index >= 15 is 0 Å². The summed E-state index contributed by atoms with van der Waals surface area (Å²) >= 11 is 0. The first-order valence-electron chi connectivity index (χ1n) is 5.04. The fraction of sp³-hybridized carbons (Fsp3) is 0.455. The van der Waals surface area contributed by atoms with Crippen molar-refractivity contribution < 1.29 is 19.5 Å². The summed E-state index contributed by atoms with van der Waals surface area (Å²) in [5, 5.41) is 9.65. The highest BCUT2D eigenvalue weighted by molar-refractivity contribution is 5.66. The van der Waals surface area contributed by atoms with Crippen LogP contribution >= 0.6 is 0 Å². The number of nitrogens with zero attached hydrogens (tertiary/aromatic N) is 1. The number of aromatic nitrogens is 1. The minimum Gasteiger partial charge on any atom is -0.448 e. The molecule has 2 rings (SSSR count). The van der Waals surface area contributed by atoms with Crippen LogP contribution < -0.4 is 4.73 Å². The van der Waals surface area contributed by atoms with Gasteiger partial charge in [-0.25, -0.2) is 0 Å². The van der Waals surface area contributed by atoms with E-state index in [0.29, 0.717) is 5.69 Å². The molecule has 1 aromatic rings. The lowest BCUT2D eigenvalue weighted by Crippen LogP contribution is -2.49. The van der Waals surface area contributed by atoms with Crippen molar-refractivity contribution in [1.29, 1.82) is 0 Å². The summed E-state index contributed by atoms with van der Waals surface area (Å²) in [5.74, 6) is -0.307. The van der Waals surface area contributed by atoms with Crippen LogP contribution in [0, 0.1) is 0 Å². The molecule has 0 aliphatic heterocycles. The molecule has 80 valence electrons. The van der Waals surface area contributed by atoms with Crippen LogP contribution in [0.4, 0.5) is 0 Å². The van der Waals surface area contributed by atoms with Gasteiger partial charge in [0.15, 0.2) is 0 Å². The average molecular weight is 208 g/mol. The van der Waals surface area contributed by atoms with Crippen LogP contribution in [0.2, 0.25) is 0 Å². The van der Waals surface area contributed by atoms with Gasteiger partial charge in [0, 0.05) is 23.8 Å². The Morgan fingerprint density at radius 3 is 2.73 bits per heavy atom. The first-order chi connectivity index (χ1) is 7.14. The number of esters is 1. The summed E-state index contributed by atoms with van der Waals surface area (Å²) in [6.07, 6.45) is 4.11. The molecule has 4 heteroatoms.